The molecule has 7 nitrogen and oxygen atoms in total. The number of thioether (sulfide) groups is 1. The number of aliphatic carboxylic acids is 1. The molecule has 35 heavy (non-hydrogen) atoms. The third kappa shape index (κ3) is 6.54. The van der Waals surface area contributed by atoms with E-state index in [4.69, 9.17) is 9.47 Å². The van der Waals surface area contributed by atoms with Crippen molar-refractivity contribution in [3.05, 3.63) is 65.2 Å². The van der Waals surface area contributed by atoms with Crippen LogP contribution in [0.2, 0.25) is 0 Å². The maximum atomic E-state index is 14.7. The third-order valence-corrected chi connectivity index (χ3v) is 7.30. The van der Waals surface area contributed by atoms with Crippen molar-refractivity contribution in [2.75, 3.05) is 7.11 Å². The molecule has 0 bridgehead atoms. The van der Waals surface area contributed by atoms with Crippen LogP contribution in [0.3, 0.4) is 0 Å². The van der Waals surface area contributed by atoms with E-state index in [0.29, 0.717) is 34.8 Å². The number of aromatic nitrogens is 3. The summed E-state index contributed by atoms with van der Waals surface area (Å²) in [7, 11) is 1.53. The van der Waals surface area contributed by atoms with E-state index in [9.17, 15) is 14.3 Å². The van der Waals surface area contributed by atoms with E-state index in [0.717, 1.165) is 24.1 Å². The van der Waals surface area contributed by atoms with Crippen molar-refractivity contribution in [2.45, 2.75) is 56.6 Å². The Labute approximate surface area is 208 Å². The van der Waals surface area contributed by atoms with Crippen molar-refractivity contribution in [3.8, 4) is 17.2 Å². The van der Waals surface area contributed by atoms with Gasteiger partial charge in [0.25, 0.3) is 0 Å². The Bertz CT molecular complexity index is 1180. The first-order valence-electron chi connectivity index (χ1n) is 11.7. The molecule has 186 valence electrons. The number of halogens is 1. The van der Waals surface area contributed by atoms with Crippen LogP contribution in [-0.4, -0.2) is 38.4 Å². The molecule has 0 saturated heterocycles. The summed E-state index contributed by atoms with van der Waals surface area (Å²) in [6.07, 6.45) is 2.99. The van der Waals surface area contributed by atoms with E-state index in [-0.39, 0.29) is 24.0 Å². The Kier molecular flexibility index (Phi) is 7.95. The van der Waals surface area contributed by atoms with Crippen molar-refractivity contribution in [1.82, 2.24) is 15.0 Å². The van der Waals surface area contributed by atoms with Gasteiger partial charge in [-0.15, -0.1) is 16.9 Å². The quantitative estimate of drug-likeness (QED) is 0.347. The van der Waals surface area contributed by atoms with Gasteiger partial charge in [0.1, 0.15) is 35.3 Å². The zero-order chi connectivity index (χ0) is 24.9. The zero-order valence-corrected chi connectivity index (χ0v) is 20.9. The van der Waals surface area contributed by atoms with Crippen LogP contribution in [0.15, 0.2) is 42.5 Å². The fourth-order valence-corrected chi connectivity index (χ4v) is 5.22. The van der Waals surface area contributed by atoms with Gasteiger partial charge < -0.3 is 14.6 Å². The summed E-state index contributed by atoms with van der Waals surface area (Å²) in [6, 6.07) is 12.1. The van der Waals surface area contributed by atoms with Gasteiger partial charge in [-0.3, -0.25) is 4.79 Å². The normalized spacial score (nSPS) is 14.2. The number of methoxy groups -OCH3 is 1. The van der Waals surface area contributed by atoms with Crippen LogP contribution in [0.5, 0.6) is 11.5 Å². The molecule has 1 aliphatic rings. The van der Waals surface area contributed by atoms with Crippen molar-refractivity contribution in [2.24, 2.45) is 5.92 Å². The molecule has 1 N–H and O–H groups in total. The van der Waals surface area contributed by atoms with Crippen molar-refractivity contribution in [1.29, 1.82) is 0 Å². The van der Waals surface area contributed by atoms with Gasteiger partial charge >= 0.3 is 5.97 Å². The highest BCUT2D eigenvalue weighted by Crippen LogP contribution is 2.45. The van der Waals surface area contributed by atoms with E-state index in [1.165, 1.54) is 17.9 Å². The number of nitrogens with zero attached hydrogens (tertiary/aromatic N) is 3. The van der Waals surface area contributed by atoms with E-state index >= 15 is 0 Å². The molecule has 2 aromatic carbocycles. The van der Waals surface area contributed by atoms with E-state index in [2.05, 4.69) is 24.2 Å². The predicted molar refractivity (Wildman–Crippen MR) is 133 cm³/mol. The summed E-state index contributed by atoms with van der Waals surface area (Å²) in [6.45, 7) is 4.32. The van der Waals surface area contributed by atoms with Gasteiger partial charge in [-0.25, -0.2) is 9.07 Å². The van der Waals surface area contributed by atoms with Crippen LogP contribution in [0, 0.1) is 11.7 Å². The van der Waals surface area contributed by atoms with Gasteiger partial charge in [-0.1, -0.05) is 31.2 Å². The molecule has 3 aromatic rings. The minimum absolute atomic E-state index is 0.0730. The Morgan fingerprint density at radius 3 is 2.71 bits per heavy atom. The second-order valence-electron chi connectivity index (χ2n) is 9.09. The van der Waals surface area contributed by atoms with E-state index in [1.54, 1.807) is 23.9 Å². The number of carbonyl (C=O) groups is 1. The lowest BCUT2D eigenvalue weighted by Crippen LogP contribution is -2.10. The third-order valence-electron chi connectivity index (χ3n) is 5.67. The monoisotopic (exact) mass is 499 g/mol. The highest BCUT2D eigenvalue weighted by Gasteiger charge is 2.28. The van der Waals surface area contributed by atoms with Crippen molar-refractivity contribution < 1.29 is 23.8 Å². The first-order chi connectivity index (χ1) is 16.8. The molecule has 1 aromatic heterocycles. The molecule has 1 aliphatic carbocycles. The lowest BCUT2D eigenvalue weighted by atomic mass is 10.1. The van der Waals surface area contributed by atoms with Crippen LogP contribution in [0.4, 0.5) is 4.39 Å². The topological polar surface area (TPSA) is 86.5 Å². The molecule has 1 fully saturated rings. The molecule has 0 spiro atoms. The van der Waals surface area contributed by atoms with Gasteiger partial charge in [0.2, 0.25) is 0 Å². The van der Waals surface area contributed by atoms with E-state index < -0.39 is 11.8 Å². The molecule has 1 atom stereocenters. The van der Waals surface area contributed by atoms with Gasteiger partial charge in [0.05, 0.1) is 19.2 Å². The smallest absolute Gasteiger partial charge is 0.304 e. The Morgan fingerprint density at radius 2 is 2.03 bits per heavy atom. The average Bonchev–Trinajstić information content (AvgIpc) is 3.56. The second-order valence-corrected chi connectivity index (χ2v) is 10.6. The Hall–Kier alpha value is -3.07. The highest BCUT2D eigenvalue weighted by atomic mass is 32.2. The number of ether oxygens (including phenoxy) is 2. The van der Waals surface area contributed by atoms with Crippen LogP contribution in [0.1, 0.15) is 55.3 Å². The number of rotatable bonds is 12. The van der Waals surface area contributed by atoms with Crippen molar-refractivity contribution >= 4 is 17.7 Å². The second kappa shape index (κ2) is 11.1. The summed E-state index contributed by atoms with van der Waals surface area (Å²) in [5.74, 6) is 0.223. The molecular weight excluding hydrogens is 469 g/mol. The number of hydrogen-bond donors (Lipinski definition) is 1. The Balaban J connectivity index is 1.56. The molecule has 0 amide bonds. The predicted octanol–water partition coefficient (Wildman–Crippen LogP) is 5.60. The lowest BCUT2D eigenvalue weighted by molar-refractivity contribution is -0.137. The fraction of sp³-hybridized carbons (Fsp3) is 0.423. The molecule has 0 radical (unpaired) electrons. The van der Waals surface area contributed by atoms with Crippen LogP contribution in [0.25, 0.3) is 5.69 Å². The number of hydrogen-bond acceptors (Lipinski definition) is 6. The maximum absolute atomic E-state index is 14.7. The lowest BCUT2D eigenvalue weighted by Gasteiger charge is -2.16. The first-order valence-corrected chi connectivity index (χ1v) is 12.7. The van der Waals surface area contributed by atoms with Gasteiger partial charge in [-0.2, -0.15) is 0 Å². The summed E-state index contributed by atoms with van der Waals surface area (Å²) in [5, 5.41) is 18.3. The van der Waals surface area contributed by atoms with Crippen molar-refractivity contribution in [3.63, 3.8) is 0 Å². The minimum Gasteiger partial charge on any atom is -0.497 e. The molecule has 0 aliphatic heterocycles. The average molecular weight is 500 g/mol. The molecule has 9 heteroatoms. The molecular formula is C26H30FN3O4S. The number of carboxylic acids is 1. The minimum atomic E-state index is -0.811. The highest BCUT2D eigenvalue weighted by molar-refractivity contribution is 8.00. The molecule has 1 saturated carbocycles. The number of benzene rings is 2. The summed E-state index contributed by atoms with van der Waals surface area (Å²) < 4.78 is 27.5. The SMILES string of the molecule is COc1ccc(F)c(-n2nnc(COc3cccc(C(CC(=O)O)SC4CC4)c3)c2CC(C)C)c1. The maximum Gasteiger partial charge on any atom is 0.304 e. The fourth-order valence-electron chi connectivity index (χ4n) is 3.81. The standard InChI is InChI=1S/C26H30FN3O4S/c1-16(2)11-24-22(28-29-30(24)23-13-18(33-3)7-10-21(23)27)15-34-19-6-4-5-17(12-19)25(14-26(31)32)35-20-8-9-20/h4-7,10,12-13,16,20,25H,8-9,11,14-15H2,1-3H3,(H,31,32). The molecule has 4 rings (SSSR count). The van der Waals surface area contributed by atoms with Crippen LogP contribution in [-0.2, 0) is 17.8 Å². The summed E-state index contributed by atoms with van der Waals surface area (Å²) >= 11 is 1.72. The van der Waals surface area contributed by atoms with Gasteiger partial charge in [0, 0.05) is 16.6 Å². The van der Waals surface area contributed by atoms with Crippen LogP contribution >= 0.6 is 11.8 Å². The first kappa shape index (κ1) is 25.0. The van der Waals surface area contributed by atoms with Gasteiger partial charge in [-0.05, 0) is 55.0 Å². The number of carboxylic acid groups (broad SMARTS) is 1. The largest absolute Gasteiger partial charge is 0.497 e. The summed E-state index contributed by atoms with van der Waals surface area (Å²) in [5.41, 5.74) is 2.61. The summed E-state index contributed by atoms with van der Waals surface area (Å²) in [4.78, 5) is 11.4. The van der Waals surface area contributed by atoms with Gasteiger partial charge in [0.15, 0.2) is 0 Å². The molecule has 1 heterocycles. The Morgan fingerprint density at radius 1 is 1.23 bits per heavy atom. The zero-order valence-electron chi connectivity index (χ0n) is 20.1. The molecule has 1 unspecified atom stereocenters. The van der Waals surface area contributed by atoms with Crippen LogP contribution < -0.4 is 9.47 Å². The van der Waals surface area contributed by atoms with E-state index in [1.807, 2.05) is 24.3 Å².